The van der Waals surface area contributed by atoms with Gasteiger partial charge in [-0.3, -0.25) is 4.79 Å². The number of methoxy groups -OCH3 is 2. The third kappa shape index (κ3) is 4.51. The minimum Gasteiger partial charge on any atom is -0.497 e. The number of nitrogens with two attached hydrogens (primary N) is 1. The van der Waals surface area contributed by atoms with E-state index in [9.17, 15) is 4.79 Å². The van der Waals surface area contributed by atoms with Crippen LogP contribution in [0.3, 0.4) is 0 Å². The van der Waals surface area contributed by atoms with Crippen molar-refractivity contribution in [2.75, 3.05) is 27.3 Å². The summed E-state index contributed by atoms with van der Waals surface area (Å²) in [6, 6.07) is 6.07. The Labute approximate surface area is 182 Å². The Bertz CT molecular complexity index is 887. The molecule has 0 unspecified atom stereocenters. The van der Waals surface area contributed by atoms with Crippen LogP contribution in [0.1, 0.15) is 68.4 Å². The number of nitrogens with zero attached hydrogens (tertiary/aromatic N) is 4. The van der Waals surface area contributed by atoms with Crippen LogP contribution in [0.5, 0.6) is 11.5 Å². The molecule has 1 saturated carbocycles. The van der Waals surface area contributed by atoms with Gasteiger partial charge in [-0.2, -0.15) is 0 Å². The van der Waals surface area contributed by atoms with E-state index in [-0.39, 0.29) is 17.9 Å². The number of carbonyl (C=O) groups excluding carboxylic acids is 1. The Hall–Kier alpha value is -2.68. The summed E-state index contributed by atoms with van der Waals surface area (Å²) in [6.45, 7) is 1.63. The Balaban J connectivity index is 1.75. The minimum atomic E-state index is -0.207. The summed E-state index contributed by atoms with van der Waals surface area (Å²) >= 11 is 0. The normalized spacial score (nSPS) is 23.3. The lowest BCUT2D eigenvalue weighted by atomic mass is 9.92. The van der Waals surface area contributed by atoms with Crippen molar-refractivity contribution in [3.05, 3.63) is 29.6 Å². The van der Waals surface area contributed by atoms with Crippen molar-refractivity contribution in [2.24, 2.45) is 11.7 Å². The number of aromatic nitrogens is 4. The van der Waals surface area contributed by atoms with Gasteiger partial charge in [0.15, 0.2) is 6.04 Å². The summed E-state index contributed by atoms with van der Waals surface area (Å²) in [7, 11) is 3.35. The smallest absolute Gasteiger partial charge is 0.220 e. The molecule has 1 aromatic heterocycles. The summed E-state index contributed by atoms with van der Waals surface area (Å²) < 4.78 is 13.3. The third-order valence-electron chi connectivity index (χ3n) is 6.88. The predicted octanol–water partition coefficient (Wildman–Crippen LogP) is 1.07. The number of piperidine rings is 1. The molecule has 1 aromatic carbocycles. The molecular formula is C22H33N6O3+. The maximum absolute atomic E-state index is 11.7. The van der Waals surface area contributed by atoms with Crippen LogP contribution in [0.15, 0.2) is 18.2 Å². The van der Waals surface area contributed by atoms with Crippen molar-refractivity contribution in [2.45, 2.75) is 57.0 Å². The van der Waals surface area contributed by atoms with E-state index in [1.165, 1.54) is 24.2 Å². The molecule has 4 rings (SSSR count). The van der Waals surface area contributed by atoms with Crippen LogP contribution in [0.25, 0.3) is 0 Å². The molecule has 1 atom stereocenters. The van der Waals surface area contributed by atoms with E-state index in [1.54, 1.807) is 14.2 Å². The number of rotatable bonds is 7. The van der Waals surface area contributed by atoms with Crippen LogP contribution in [-0.2, 0) is 4.79 Å². The minimum absolute atomic E-state index is 0.0639. The van der Waals surface area contributed by atoms with E-state index >= 15 is 0 Å². The van der Waals surface area contributed by atoms with E-state index in [1.807, 2.05) is 22.9 Å². The van der Waals surface area contributed by atoms with Gasteiger partial charge in [0.2, 0.25) is 11.7 Å². The lowest BCUT2D eigenvalue weighted by Crippen LogP contribution is -3.13. The highest BCUT2D eigenvalue weighted by Gasteiger charge is 2.39. The van der Waals surface area contributed by atoms with Gasteiger partial charge in [-0.1, -0.05) is 19.3 Å². The number of hydrogen-bond donors (Lipinski definition) is 2. The summed E-state index contributed by atoms with van der Waals surface area (Å²) in [5.74, 6) is 2.14. The third-order valence-corrected chi connectivity index (χ3v) is 6.88. The molecule has 1 amide bonds. The monoisotopic (exact) mass is 429 g/mol. The number of hydrogen-bond acceptors (Lipinski definition) is 6. The second-order valence-electron chi connectivity index (χ2n) is 8.65. The fraction of sp³-hybridized carbons (Fsp3) is 0.636. The molecule has 0 bridgehead atoms. The Kier molecular flexibility index (Phi) is 6.70. The van der Waals surface area contributed by atoms with Crippen molar-refractivity contribution >= 4 is 5.91 Å². The maximum Gasteiger partial charge on any atom is 0.220 e. The molecule has 1 aliphatic heterocycles. The molecule has 9 nitrogen and oxygen atoms in total. The summed E-state index contributed by atoms with van der Waals surface area (Å²) in [4.78, 5) is 13.0. The Morgan fingerprint density at radius 2 is 1.87 bits per heavy atom. The maximum atomic E-state index is 11.7. The second-order valence-corrected chi connectivity index (χ2v) is 8.65. The highest BCUT2D eigenvalue weighted by atomic mass is 16.5. The number of carbonyl (C=O) groups is 1. The molecule has 9 heteroatoms. The van der Waals surface area contributed by atoms with E-state index in [0.717, 1.165) is 61.7 Å². The lowest BCUT2D eigenvalue weighted by molar-refractivity contribution is -0.931. The van der Waals surface area contributed by atoms with Gasteiger partial charge in [0.1, 0.15) is 11.5 Å². The first-order valence-corrected chi connectivity index (χ1v) is 11.3. The van der Waals surface area contributed by atoms with Gasteiger partial charge in [0.25, 0.3) is 0 Å². The van der Waals surface area contributed by atoms with Gasteiger partial charge in [0, 0.05) is 18.8 Å². The zero-order valence-corrected chi connectivity index (χ0v) is 18.4. The van der Waals surface area contributed by atoms with Gasteiger partial charge >= 0.3 is 0 Å². The van der Waals surface area contributed by atoms with Gasteiger partial charge in [-0.15, -0.1) is 5.10 Å². The van der Waals surface area contributed by atoms with Crippen molar-refractivity contribution in [3.63, 3.8) is 0 Å². The standard InChI is InChI=1S/C22H32N6O3/c1-30-17-8-9-19(31-2)18(14-17)20(27-12-10-15(11-13-27)21(23)29)22-24-25-26-28(22)16-6-4-3-5-7-16/h8-9,14-16,20H,3-7,10-13H2,1-2H3,(H2,23,29)/p+1/t20-/m0/s1. The molecule has 3 N–H and O–H groups in total. The number of tetrazole rings is 1. The average molecular weight is 430 g/mol. The number of nitrogens with one attached hydrogen (secondary N) is 1. The van der Waals surface area contributed by atoms with Gasteiger partial charge in [-0.05, 0) is 41.5 Å². The Morgan fingerprint density at radius 3 is 2.52 bits per heavy atom. The van der Waals surface area contributed by atoms with Crippen LogP contribution in [0.2, 0.25) is 0 Å². The quantitative estimate of drug-likeness (QED) is 0.681. The molecule has 2 aromatic rings. The average Bonchev–Trinajstić information content (AvgIpc) is 3.29. The van der Waals surface area contributed by atoms with Crippen LogP contribution in [0, 0.1) is 5.92 Å². The molecule has 168 valence electrons. The Morgan fingerprint density at radius 1 is 1.13 bits per heavy atom. The van der Waals surface area contributed by atoms with E-state index in [4.69, 9.17) is 15.2 Å². The first kappa shape index (κ1) is 21.5. The largest absolute Gasteiger partial charge is 0.497 e. The summed E-state index contributed by atoms with van der Waals surface area (Å²) in [5.41, 5.74) is 6.58. The molecule has 2 fully saturated rings. The van der Waals surface area contributed by atoms with Crippen molar-refractivity contribution in [1.29, 1.82) is 0 Å². The molecule has 2 heterocycles. The van der Waals surface area contributed by atoms with Crippen LogP contribution < -0.4 is 20.1 Å². The molecule has 2 aliphatic rings. The molecule has 1 saturated heterocycles. The fourth-order valence-corrected chi connectivity index (χ4v) is 5.14. The SMILES string of the molecule is COc1ccc(OC)c([C@@H](c2nnnn2C2CCCCC2)[NH+]2CCC(C(N)=O)CC2)c1. The molecule has 0 radical (unpaired) electrons. The summed E-state index contributed by atoms with van der Waals surface area (Å²) in [5, 5.41) is 13.0. The highest BCUT2D eigenvalue weighted by Crippen LogP contribution is 2.34. The van der Waals surface area contributed by atoms with Crippen molar-refractivity contribution < 1.29 is 19.2 Å². The summed E-state index contributed by atoms with van der Waals surface area (Å²) in [6.07, 6.45) is 7.39. The molecule has 31 heavy (non-hydrogen) atoms. The van der Waals surface area contributed by atoms with Gasteiger partial charge < -0.3 is 20.1 Å². The van der Waals surface area contributed by atoms with E-state index in [0.29, 0.717) is 6.04 Å². The van der Waals surface area contributed by atoms with Crippen LogP contribution >= 0.6 is 0 Å². The van der Waals surface area contributed by atoms with Crippen molar-refractivity contribution in [3.8, 4) is 11.5 Å². The first-order chi connectivity index (χ1) is 15.1. The van der Waals surface area contributed by atoms with Crippen molar-refractivity contribution in [1.82, 2.24) is 20.2 Å². The molecular weight excluding hydrogens is 396 g/mol. The number of amides is 1. The zero-order valence-electron chi connectivity index (χ0n) is 18.4. The highest BCUT2D eigenvalue weighted by molar-refractivity contribution is 5.76. The number of benzene rings is 1. The molecule has 0 spiro atoms. The van der Waals surface area contributed by atoms with Gasteiger partial charge in [0.05, 0.1) is 38.9 Å². The number of primary amides is 1. The van der Waals surface area contributed by atoms with E-state index in [2.05, 4.69) is 15.5 Å². The predicted molar refractivity (Wildman–Crippen MR) is 114 cm³/mol. The topological polar surface area (TPSA) is 110 Å². The van der Waals surface area contributed by atoms with Crippen LogP contribution in [0.4, 0.5) is 0 Å². The number of likely N-dealkylation sites (tertiary alicyclic amines) is 1. The zero-order chi connectivity index (χ0) is 21.8. The van der Waals surface area contributed by atoms with E-state index < -0.39 is 0 Å². The van der Waals surface area contributed by atoms with Gasteiger partial charge in [-0.25, -0.2) is 4.68 Å². The second kappa shape index (κ2) is 9.64. The number of quaternary nitrogens is 1. The fourth-order valence-electron chi connectivity index (χ4n) is 5.14. The number of ether oxygens (including phenoxy) is 2. The van der Waals surface area contributed by atoms with Crippen LogP contribution in [-0.4, -0.2) is 53.4 Å². The molecule has 1 aliphatic carbocycles. The lowest BCUT2D eigenvalue weighted by Gasteiger charge is -2.34. The first-order valence-electron chi connectivity index (χ1n) is 11.3.